The van der Waals surface area contributed by atoms with E-state index in [0.29, 0.717) is 5.56 Å². The van der Waals surface area contributed by atoms with E-state index in [4.69, 9.17) is 4.74 Å². The van der Waals surface area contributed by atoms with Crippen molar-refractivity contribution in [3.63, 3.8) is 0 Å². The molecule has 0 atom stereocenters. The molecular weight excluding hydrogens is 244 g/mol. The average Bonchev–Trinajstić information content (AvgIpc) is 2.88. The topological polar surface area (TPSA) is 61.2 Å². The molecule has 1 heterocycles. The Bertz CT molecular complexity index is 575. The lowest BCUT2D eigenvalue weighted by atomic mass is 10.1. The van der Waals surface area contributed by atoms with Crippen LogP contribution in [0.1, 0.15) is 27.9 Å². The van der Waals surface area contributed by atoms with Crippen LogP contribution in [0.3, 0.4) is 0 Å². The average molecular weight is 258 g/mol. The maximum Gasteiger partial charge on any atom is 0.374 e. The van der Waals surface area contributed by atoms with Crippen molar-refractivity contribution < 1.29 is 14.3 Å². The number of nitrogens with zero attached hydrogens (tertiary/aromatic N) is 2. The summed E-state index contributed by atoms with van der Waals surface area (Å²) in [6.45, 7) is 2.07. The minimum absolute atomic E-state index is 0.0676. The fourth-order valence-corrected chi connectivity index (χ4v) is 1.69. The highest BCUT2D eigenvalue weighted by atomic mass is 16.5. The van der Waals surface area contributed by atoms with E-state index in [1.807, 2.05) is 6.07 Å². The predicted molar refractivity (Wildman–Crippen MR) is 69.0 cm³/mol. The largest absolute Gasteiger partial charge is 0.460 e. The number of ketones is 1. The maximum absolute atomic E-state index is 12.0. The first-order valence-electron chi connectivity index (χ1n) is 5.99. The molecule has 0 unspecified atom stereocenters. The fourth-order valence-electron chi connectivity index (χ4n) is 1.69. The second-order valence-electron chi connectivity index (χ2n) is 3.89. The van der Waals surface area contributed by atoms with Gasteiger partial charge in [-0.2, -0.15) is 0 Å². The van der Waals surface area contributed by atoms with Gasteiger partial charge in [-0.25, -0.2) is 9.78 Å². The lowest BCUT2D eigenvalue weighted by Crippen LogP contribution is -2.17. The van der Waals surface area contributed by atoms with Gasteiger partial charge in [-0.1, -0.05) is 30.3 Å². The Kier molecular flexibility index (Phi) is 4.07. The summed E-state index contributed by atoms with van der Waals surface area (Å²) in [5.74, 6) is -0.455. The first-order chi connectivity index (χ1) is 9.22. The van der Waals surface area contributed by atoms with Crippen LogP contribution >= 0.6 is 0 Å². The van der Waals surface area contributed by atoms with E-state index in [2.05, 4.69) is 4.98 Å². The number of rotatable bonds is 5. The molecule has 0 aliphatic rings. The summed E-state index contributed by atoms with van der Waals surface area (Å²) in [7, 11) is 0. The minimum atomic E-state index is -0.520. The van der Waals surface area contributed by atoms with Crippen LogP contribution in [0.2, 0.25) is 0 Å². The van der Waals surface area contributed by atoms with E-state index < -0.39 is 5.97 Å². The molecule has 19 heavy (non-hydrogen) atoms. The van der Waals surface area contributed by atoms with E-state index in [0.717, 1.165) is 0 Å². The van der Waals surface area contributed by atoms with Crippen molar-refractivity contribution in [2.45, 2.75) is 13.5 Å². The molecule has 0 saturated heterocycles. The summed E-state index contributed by atoms with van der Waals surface area (Å²) in [4.78, 5) is 27.6. The summed E-state index contributed by atoms with van der Waals surface area (Å²) >= 11 is 0. The van der Waals surface area contributed by atoms with Crippen molar-refractivity contribution in [1.29, 1.82) is 0 Å². The van der Waals surface area contributed by atoms with Gasteiger partial charge in [0.15, 0.2) is 5.78 Å². The molecule has 98 valence electrons. The number of esters is 1. The number of carbonyl (C=O) groups is 2. The first-order valence-corrected chi connectivity index (χ1v) is 5.99. The molecule has 1 aromatic carbocycles. The molecule has 0 aliphatic heterocycles. The van der Waals surface area contributed by atoms with Gasteiger partial charge in [0.2, 0.25) is 5.82 Å². The van der Waals surface area contributed by atoms with Crippen molar-refractivity contribution in [2.24, 2.45) is 0 Å². The van der Waals surface area contributed by atoms with Crippen LogP contribution in [0, 0.1) is 0 Å². The van der Waals surface area contributed by atoms with E-state index in [1.54, 1.807) is 37.4 Å². The highest BCUT2D eigenvalue weighted by Crippen LogP contribution is 2.05. The van der Waals surface area contributed by atoms with Crippen LogP contribution < -0.4 is 0 Å². The molecule has 0 fully saturated rings. The third-order valence-corrected chi connectivity index (χ3v) is 2.58. The number of Topliss-reactive ketones (excluding diaryl/α,β-unsaturated/α-hetero) is 1. The van der Waals surface area contributed by atoms with Gasteiger partial charge in [-0.3, -0.25) is 4.79 Å². The van der Waals surface area contributed by atoms with Crippen molar-refractivity contribution in [3.05, 3.63) is 54.1 Å². The standard InChI is InChI=1S/C14H14N2O3/c1-2-19-14(18)13-15-8-9-16(13)10-12(17)11-6-4-3-5-7-11/h3-9H,2,10H2,1H3. The van der Waals surface area contributed by atoms with Gasteiger partial charge in [0, 0.05) is 18.0 Å². The van der Waals surface area contributed by atoms with Crippen LogP contribution in [0.4, 0.5) is 0 Å². The third-order valence-electron chi connectivity index (χ3n) is 2.58. The number of hydrogen-bond acceptors (Lipinski definition) is 4. The van der Waals surface area contributed by atoms with Crippen molar-refractivity contribution >= 4 is 11.8 Å². The van der Waals surface area contributed by atoms with Gasteiger partial charge in [0.25, 0.3) is 0 Å². The van der Waals surface area contributed by atoms with Crippen molar-refractivity contribution in [2.75, 3.05) is 6.61 Å². The minimum Gasteiger partial charge on any atom is -0.460 e. The summed E-state index contributed by atoms with van der Waals surface area (Å²) in [6, 6.07) is 8.92. The van der Waals surface area contributed by atoms with Crippen LogP contribution in [0.15, 0.2) is 42.7 Å². The SMILES string of the molecule is CCOC(=O)c1nccn1CC(=O)c1ccccc1. The Hall–Kier alpha value is -2.43. The van der Waals surface area contributed by atoms with Crippen LogP contribution in [0.5, 0.6) is 0 Å². The molecule has 0 amide bonds. The van der Waals surface area contributed by atoms with Crippen molar-refractivity contribution in [1.82, 2.24) is 9.55 Å². The summed E-state index contributed by atoms with van der Waals surface area (Å²) in [5.41, 5.74) is 0.603. The highest BCUT2D eigenvalue weighted by Gasteiger charge is 2.16. The predicted octanol–water partition coefficient (Wildman–Crippen LogP) is 1.94. The first kappa shape index (κ1) is 13.0. The molecule has 0 bridgehead atoms. The zero-order chi connectivity index (χ0) is 13.7. The Morgan fingerprint density at radius 3 is 2.68 bits per heavy atom. The van der Waals surface area contributed by atoms with Gasteiger partial charge >= 0.3 is 5.97 Å². The molecule has 0 N–H and O–H groups in total. The molecular formula is C14H14N2O3. The van der Waals surface area contributed by atoms with E-state index in [9.17, 15) is 9.59 Å². The molecule has 0 radical (unpaired) electrons. The summed E-state index contributed by atoms with van der Waals surface area (Å²) < 4.78 is 6.37. The van der Waals surface area contributed by atoms with E-state index >= 15 is 0 Å². The molecule has 0 spiro atoms. The molecule has 2 rings (SSSR count). The van der Waals surface area contributed by atoms with Gasteiger partial charge in [0.05, 0.1) is 13.2 Å². The lowest BCUT2D eigenvalue weighted by Gasteiger charge is -2.06. The monoisotopic (exact) mass is 258 g/mol. The summed E-state index contributed by atoms with van der Waals surface area (Å²) in [5, 5.41) is 0. The Balaban J connectivity index is 2.14. The molecule has 0 saturated carbocycles. The normalized spacial score (nSPS) is 10.2. The number of carbonyl (C=O) groups excluding carboxylic acids is 2. The maximum atomic E-state index is 12.0. The van der Waals surface area contributed by atoms with Gasteiger partial charge < -0.3 is 9.30 Å². The Labute approximate surface area is 110 Å². The smallest absolute Gasteiger partial charge is 0.374 e. The Morgan fingerprint density at radius 1 is 1.26 bits per heavy atom. The van der Waals surface area contributed by atoms with Crippen LogP contribution in [-0.4, -0.2) is 27.9 Å². The number of benzene rings is 1. The third kappa shape index (κ3) is 3.07. The second kappa shape index (κ2) is 5.95. The van der Waals surface area contributed by atoms with Gasteiger partial charge in [-0.05, 0) is 6.92 Å². The molecule has 1 aromatic heterocycles. The van der Waals surface area contributed by atoms with Crippen LogP contribution in [0.25, 0.3) is 0 Å². The zero-order valence-electron chi connectivity index (χ0n) is 10.6. The quantitative estimate of drug-likeness (QED) is 0.607. The summed E-state index contributed by atoms with van der Waals surface area (Å²) in [6.07, 6.45) is 3.07. The van der Waals surface area contributed by atoms with E-state index in [1.165, 1.54) is 10.8 Å². The number of ether oxygens (including phenoxy) is 1. The highest BCUT2D eigenvalue weighted by molar-refractivity contribution is 5.96. The Morgan fingerprint density at radius 2 is 2.00 bits per heavy atom. The lowest BCUT2D eigenvalue weighted by molar-refractivity contribution is 0.0506. The van der Waals surface area contributed by atoms with Gasteiger partial charge in [0.1, 0.15) is 0 Å². The molecule has 5 nitrogen and oxygen atoms in total. The molecule has 5 heteroatoms. The van der Waals surface area contributed by atoms with E-state index in [-0.39, 0.29) is 24.8 Å². The number of hydrogen-bond donors (Lipinski definition) is 0. The zero-order valence-corrected chi connectivity index (χ0v) is 10.6. The molecule has 0 aliphatic carbocycles. The number of aromatic nitrogens is 2. The fraction of sp³-hybridized carbons (Fsp3) is 0.214. The molecule has 2 aromatic rings. The second-order valence-corrected chi connectivity index (χ2v) is 3.89. The van der Waals surface area contributed by atoms with Gasteiger partial charge in [-0.15, -0.1) is 0 Å². The number of imidazole rings is 1. The van der Waals surface area contributed by atoms with Crippen molar-refractivity contribution in [3.8, 4) is 0 Å². The van der Waals surface area contributed by atoms with Crippen LogP contribution in [-0.2, 0) is 11.3 Å².